The molecule has 0 amide bonds. The van der Waals surface area contributed by atoms with Gasteiger partial charge in [0.2, 0.25) is 0 Å². The Morgan fingerprint density at radius 1 is 1.03 bits per heavy atom. The predicted octanol–water partition coefficient (Wildman–Crippen LogP) is 3.25. The summed E-state index contributed by atoms with van der Waals surface area (Å²) in [7, 11) is 3.09. The van der Waals surface area contributed by atoms with Crippen LogP contribution < -0.4 is 15.2 Å². The molecular weight excluding hydrogens is 402 g/mol. The summed E-state index contributed by atoms with van der Waals surface area (Å²) in [5.74, 6) is 1.13. The van der Waals surface area contributed by atoms with E-state index in [-0.39, 0.29) is 30.1 Å². The lowest BCUT2D eigenvalue weighted by molar-refractivity contribution is -0.384. The summed E-state index contributed by atoms with van der Waals surface area (Å²) in [5.41, 5.74) is 1.71. The Morgan fingerprint density at radius 3 is 2.39 bits per heavy atom. The van der Waals surface area contributed by atoms with Crippen LogP contribution in [0.25, 0.3) is 11.0 Å². The smallest absolute Gasteiger partial charge is 0.329 e. The van der Waals surface area contributed by atoms with Crippen LogP contribution >= 0.6 is 0 Å². The first-order valence-corrected chi connectivity index (χ1v) is 10.2. The van der Waals surface area contributed by atoms with Gasteiger partial charge < -0.3 is 14.6 Å². The number of aromatic nitrogens is 2. The van der Waals surface area contributed by atoms with Gasteiger partial charge in [-0.3, -0.25) is 19.2 Å². The molecule has 9 heteroatoms. The van der Waals surface area contributed by atoms with Crippen LogP contribution in [0.5, 0.6) is 11.5 Å². The topological polar surface area (TPSA) is 109 Å². The number of imidazole rings is 1. The molecule has 0 saturated heterocycles. The van der Waals surface area contributed by atoms with Gasteiger partial charge in [0.25, 0.3) is 5.69 Å². The van der Waals surface area contributed by atoms with Crippen molar-refractivity contribution in [3.63, 3.8) is 0 Å². The largest absolute Gasteiger partial charge is 0.493 e. The summed E-state index contributed by atoms with van der Waals surface area (Å²) >= 11 is 0. The number of aliphatic hydroxyl groups is 1. The minimum atomic E-state index is -0.459. The molecule has 0 radical (unpaired) electrons. The zero-order chi connectivity index (χ0) is 22.1. The van der Waals surface area contributed by atoms with Gasteiger partial charge in [-0.15, -0.1) is 0 Å². The molecule has 0 atom stereocenters. The Hall–Kier alpha value is -3.33. The Kier molecular flexibility index (Phi) is 5.69. The molecule has 4 rings (SSSR count). The van der Waals surface area contributed by atoms with Gasteiger partial charge in [-0.1, -0.05) is 6.07 Å². The summed E-state index contributed by atoms with van der Waals surface area (Å²) in [5, 5.41) is 21.2. The Bertz CT molecular complexity index is 1170. The highest BCUT2D eigenvalue weighted by molar-refractivity contribution is 5.79. The van der Waals surface area contributed by atoms with E-state index in [4.69, 9.17) is 9.47 Å². The van der Waals surface area contributed by atoms with E-state index in [0.29, 0.717) is 48.2 Å². The number of aliphatic hydroxyl groups excluding tert-OH is 1. The summed E-state index contributed by atoms with van der Waals surface area (Å²) in [6.07, 6.45) is 2.30. The van der Waals surface area contributed by atoms with Crippen molar-refractivity contribution in [3.05, 3.63) is 62.6 Å². The van der Waals surface area contributed by atoms with Gasteiger partial charge in [-0.25, -0.2) is 4.79 Å². The Labute approximate surface area is 178 Å². The molecule has 0 bridgehead atoms. The number of methoxy groups -OCH3 is 2. The maximum absolute atomic E-state index is 13.5. The predicted molar refractivity (Wildman–Crippen MR) is 115 cm³/mol. The second-order valence-corrected chi connectivity index (χ2v) is 7.82. The summed E-state index contributed by atoms with van der Waals surface area (Å²) in [6.45, 7) is 0.235. The number of nitro groups is 1. The zero-order valence-electron chi connectivity index (χ0n) is 17.5. The number of nitrogens with zero attached hydrogens (tertiary/aromatic N) is 3. The van der Waals surface area contributed by atoms with E-state index in [1.807, 2.05) is 6.07 Å². The quantitative estimate of drug-likeness (QED) is 0.478. The summed E-state index contributed by atoms with van der Waals surface area (Å²) in [4.78, 5) is 24.4. The van der Waals surface area contributed by atoms with Crippen molar-refractivity contribution in [1.29, 1.82) is 0 Å². The minimum absolute atomic E-state index is 0.0495. The molecule has 1 aliphatic carbocycles. The van der Waals surface area contributed by atoms with Gasteiger partial charge in [0.05, 0.1) is 42.8 Å². The Morgan fingerprint density at radius 2 is 1.74 bits per heavy atom. The zero-order valence-corrected chi connectivity index (χ0v) is 17.5. The van der Waals surface area contributed by atoms with Crippen LogP contribution in [-0.4, -0.2) is 39.5 Å². The van der Waals surface area contributed by atoms with Gasteiger partial charge in [-0.2, -0.15) is 0 Å². The van der Waals surface area contributed by atoms with Crippen molar-refractivity contribution in [2.45, 2.75) is 44.4 Å². The third-order valence-electron chi connectivity index (χ3n) is 5.98. The molecule has 3 aromatic rings. The molecule has 0 spiro atoms. The number of hydrogen-bond acceptors (Lipinski definition) is 6. The van der Waals surface area contributed by atoms with Crippen LogP contribution in [0, 0.1) is 10.1 Å². The summed E-state index contributed by atoms with van der Waals surface area (Å²) < 4.78 is 13.9. The van der Waals surface area contributed by atoms with Crippen LogP contribution in [0.4, 0.5) is 5.69 Å². The van der Waals surface area contributed by atoms with E-state index >= 15 is 0 Å². The van der Waals surface area contributed by atoms with Crippen molar-refractivity contribution in [1.82, 2.24) is 9.13 Å². The average molecular weight is 427 g/mol. The molecule has 1 fully saturated rings. The number of benzene rings is 2. The van der Waals surface area contributed by atoms with Crippen LogP contribution in [0.15, 0.2) is 41.2 Å². The average Bonchev–Trinajstić information content (AvgIpc) is 3.05. The molecule has 2 aromatic carbocycles. The SMILES string of the molecule is COc1ccc(Cn2c(=O)n(C3CCC(O)CC3)c3ccc([N+](=O)[O-])cc32)cc1OC. The molecule has 1 saturated carbocycles. The highest BCUT2D eigenvalue weighted by Gasteiger charge is 2.26. The van der Waals surface area contributed by atoms with Crippen LogP contribution in [-0.2, 0) is 6.54 Å². The van der Waals surface area contributed by atoms with Crippen LogP contribution in [0.1, 0.15) is 37.3 Å². The fourth-order valence-electron chi connectivity index (χ4n) is 4.37. The number of nitro benzene ring substituents is 1. The third-order valence-corrected chi connectivity index (χ3v) is 5.98. The second kappa shape index (κ2) is 8.43. The molecular formula is C22H25N3O6. The summed E-state index contributed by atoms with van der Waals surface area (Å²) in [6, 6.07) is 9.87. The van der Waals surface area contributed by atoms with Crippen molar-refractivity contribution in [2.75, 3.05) is 14.2 Å². The van der Waals surface area contributed by atoms with E-state index in [2.05, 4.69) is 0 Å². The molecule has 1 N–H and O–H groups in total. The fraction of sp³-hybridized carbons (Fsp3) is 0.409. The van der Waals surface area contributed by atoms with Gasteiger partial charge >= 0.3 is 5.69 Å². The van der Waals surface area contributed by atoms with Crippen molar-refractivity contribution >= 4 is 16.7 Å². The molecule has 1 heterocycles. The maximum Gasteiger partial charge on any atom is 0.329 e. The van der Waals surface area contributed by atoms with E-state index in [9.17, 15) is 20.0 Å². The number of hydrogen-bond donors (Lipinski definition) is 1. The van der Waals surface area contributed by atoms with Gasteiger partial charge in [-0.05, 0) is 49.4 Å². The van der Waals surface area contributed by atoms with Crippen LogP contribution in [0.3, 0.4) is 0 Å². The normalized spacial score (nSPS) is 18.8. The van der Waals surface area contributed by atoms with Gasteiger partial charge in [0.15, 0.2) is 11.5 Å². The maximum atomic E-state index is 13.5. The van der Waals surface area contributed by atoms with Crippen molar-refractivity contribution in [2.24, 2.45) is 0 Å². The standard InChI is InChI=1S/C22H25N3O6/c1-30-20-10-3-14(11-21(20)31-2)13-23-19-12-16(25(28)29)6-9-18(19)24(22(23)27)15-4-7-17(26)8-5-15/h3,6,9-12,15,17,26H,4-5,7-8,13H2,1-2H3. The molecule has 1 aromatic heterocycles. The number of rotatable bonds is 6. The van der Waals surface area contributed by atoms with Gasteiger partial charge in [0, 0.05) is 18.2 Å². The van der Waals surface area contributed by atoms with Crippen LogP contribution in [0.2, 0.25) is 0 Å². The number of non-ortho nitro benzene ring substituents is 1. The monoisotopic (exact) mass is 427 g/mol. The third kappa shape index (κ3) is 3.88. The van der Waals surface area contributed by atoms with E-state index in [1.54, 1.807) is 41.6 Å². The molecule has 0 aliphatic heterocycles. The lowest BCUT2D eigenvalue weighted by atomic mass is 9.93. The lowest BCUT2D eigenvalue weighted by Gasteiger charge is -2.26. The molecule has 9 nitrogen and oxygen atoms in total. The highest BCUT2D eigenvalue weighted by Crippen LogP contribution is 2.32. The second-order valence-electron chi connectivity index (χ2n) is 7.82. The first kappa shape index (κ1) is 20.9. The number of ether oxygens (including phenoxy) is 2. The fourth-order valence-corrected chi connectivity index (χ4v) is 4.37. The lowest BCUT2D eigenvalue weighted by Crippen LogP contribution is -2.31. The van der Waals surface area contributed by atoms with Gasteiger partial charge in [0.1, 0.15) is 0 Å². The molecule has 31 heavy (non-hydrogen) atoms. The molecule has 0 unspecified atom stereocenters. The Balaban J connectivity index is 1.83. The van der Waals surface area contributed by atoms with E-state index in [0.717, 1.165) is 5.56 Å². The first-order valence-electron chi connectivity index (χ1n) is 10.2. The van der Waals surface area contributed by atoms with E-state index < -0.39 is 4.92 Å². The highest BCUT2D eigenvalue weighted by atomic mass is 16.6. The number of fused-ring (bicyclic) bond motifs is 1. The molecule has 1 aliphatic rings. The van der Waals surface area contributed by atoms with E-state index in [1.165, 1.54) is 12.1 Å². The minimum Gasteiger partial charge on any atom is -0.493 e. The van der Waals surface area contributed by atoms with Crippen molar-refractivity contribution < 1.29 is 19.5 Å². The van der Waals surface area contributed by atoms with Crippen molar-refractivity contribution in [3.8, 4) is 11.5 Å². The molecule has 164 valence electrons. The first-order chi connectivity index (χ1) is 14.9.